The molecule has 9 heteroatoms. The number of aromatic nitrogens is 3. The maximum Gasteiger partial charge on any atom is 0.330 e. The van der Waals surface area contributed by atoms with Gasteiger partial charge in [-0.25, -0.2) is 14.8 Å². The molecule has 0 spiro atoms. The summed E-state index contributed by atoms with van der Waals surface area (Å²) in [5, 5.41) is 3.58. The van der Waals surface area contributed by atoms with E-state index in [1.54, 1.807) is 17.3 Å². The predicted octanol–water partition coefficient (Wildman–Crippen LogP) is 5.01. The van der Waals surface area contributed by atoms with E-state index in [0.717, 1.165) is 59.8 Å². The lowest BCUT2D eigenvalue weighted by molar-refractivity contribution is 0.246. The van der Waals surface area contributed by atoms with Crippen molar-refractivity contribution in [2.24, 2.45) is 11.7 Å². The molecule has 1 fully saturated rings. The zero-order valence-electron chi connectivity index (χ0n) is 20.0. The summed E-state index contributed by atoms with van der Waals surface area (Å²) < 4.78 is 0. The number of hydrogen-bond donors (Lipinski definition) is 2. The minimum atomic E-state index is -0.113. The second-order valence-electron chi connectivity index (χ2n) is 9.40. The molecule has 3 aromatic rings. The normalized spacial score (nSPS) is 20.1. The van der Waals surface area contributed by atoms with Crippen LogP contribution in [-0.2, 0) is 6.54 Å². The Hall–Kier alpha value is -3.23. The van der Waals surface area contributed by atoms with Crippen LogP contribution in [0.5, 0.6) is 0 Å². The minimum Gasteiger partial charge on any atom is -0.373 e. The molecule has 0 atom stereocenters. The van der Waals surface area contributed by atoms with Gasteiger partial charge in [0.1, 0.15) is 11.6 Å². The van der Waals surface area contributed by atoms with Gasteiger partial charge in [-0.2, -0.15) is 0 Å². The standard InChI is InChI=1S/C26H30ClN7O/c1-16-12-30-13-22(31-16)18-5-9-23(21(27)11-18)33-15-19-6-10-24(29-2)32-25(19)34(26(33)35)14-17-3-7-20(28)8-4-17/h5-6,9-13,17,20H,3-4,7-8,14-15,28H2,1-2H3,(H,29,32). The third-order valence-electron chi connectivity index (χ3n) is 6.88. The van der Waals surface area contributed by atoms with Crippen molar-refractivity contribution in [3.8, 4) is 11.3 Å². The van der Waals surface area contributed by atoms with Gasteiger partial charge in [0.05, 0.1) is 34.8 Å². The van der Waals surface area contributed by atoms with E-state index in [1.165, 1.54) is 0 Å². The molecule has 0 saturated heterocycles. The first-order chi connectivity index (χ1) is 16.9. The summed E-state index contributed by atoms with van der Waals surface area (Å²) in [6.07, 6.45) is 7.43. The molecule has 1 aliphatic heterocycles. The van der Waals surface area contributed by atoms with Crippen molar-refractivity contribution in [1.29, 1.82) is 0 Å². The number of halogens is 1. The molecule has 35 heavy (non-hydrogen) atoms. The number of aryl methyl sites for hydroxylation is 1. The first kappa shape index (κ1) is 23.5. The summed E-state index contributed by atoms with van der Waals surface area (Å²) in [5.41, 5.74) is 10.2. The van der Waals surface area contributed by atoms with E-state index in [1.807, 2.05) is 49.2 Å². The lowest BCUT2D eigenvalue weighted by Crippen LogP contribution is -2.50. The van der Waals surface area contributed by atoms with Gasteiger partial charge in [-0.05, 0) is 62.8 Å². The molecule has 3 heterocycles. The largest absolute Gasteiger partial charge is 0.373 e. The Bertz CT molecular complexity index is 1240. The van der Waals surface area contributed by atoms with E-state index in [-0.39, 0.29) is 12.1 Å². The SMILES string of the molecule is CNc1ccc2c(n1)N(CC1CCC(N)CC1)C(=O)N(c1ccc(-c3cncc(C)n3)cc1Cl)C2. The summed E-state index contributed by atoms with van der Waals surface area (Å²) in [6, 6.07) is 9.78. The number of hydrogen-bond acceptors (Lipinski definition) is 6. The first-order valence-corrected chi connectivity index (χ1v) is 12.4. The Kier molecular flexibility index (Phi) is 6.58. The van der Waals surface area contributed by atoms with E-state index in [9.17, 15) is 4.79 Å². The van der Waals surface area contributed by atoms with Gasteiger partial charge < -0.3 is 11.1 Å². The number of anilines is 3. The fourth-order valence-electron chi connectivity index (χ4n) is 4.92. The van der Waals surface area contributed by atoms with Gasteiger partial charge >= 0.3 is 6.03 Å². The lowest BCUT2D eigenvalue weighted by atomic mass is 9.86. The smallest absolute Gasteiger partial charge is 0.330 e. The van der Waals surface area contributed by atoms with Crippen molar-refractivity contribution in [1.82, 2.24) is 15.0 Å². The van der Waals surface area contributed by atoms with Crippen LogP contribution in [0.4, 0.5) is 22.1 Å². The molecule has 0 bridgehead atoms. The van der Waals surface area contributed by atoms with Crippen LogP contribution in [0, 0.1) is 12.8 Å². The van der Waals surface area contributed by atoms with Gasteiger partial charge in [-0.15, -0.1) is 0 Å². The van der Waals surface area contributed by atoms with E-state index in [4.69, 9.17) is 22.3 Å². The Labute approximate surface area is 210 Å². The van der Waals surface area contributed by atoms with Crippen LogP contribution in [0.2, 0.25) is 5.02 Å². The highest BCUT2D eigenvalue weighted by molar-refractivity contribution is 6.34. The molecular formula is C26H30ClN7O. The highest BCUT2D eigenvalue weighted by atomic mass is 35.5. The molecule has 0 radical (unpaired) electrons. The fraction of sp³-hybridized carbons (Fsp3) is 0.385. The Morgan fingerprint density at radius 1 is 1.11 bits per heavy atom. The third kappa shape index (κ3) is 4.81. The van der Waals surface area contributed by atoms with Gasteiger partial charge in [0.2, 0.25) is 0 Å². The van der Waals surface area contributed by atoms with Crippen LogP contribution in [0.3, 0.4) is 0 Å². The van der Waals surface area contributed by atoms with E-state index >= 15 is 0 Å². The number of benzene rings is 1. The Balaban J connectivity index is 1.48. The Morgan fingerprint density at radius 3 is 2.63 bits per heavy atom. The number of nitrogens with two attached hydrogens (primary N) is 1. The van der Waals surface area contributed by atoms with Crippen LogP contribution in [0.15, 0.2) is 42.7 Å². The molecular weight excluding hydrogens is 462 g/mol. The maximum absolute atomic E-state index is 13.9. The lowest BCUT2D eigenvalue weighted by Gasteiger charge is -2.39. The molecule has 182 valence electrons. The zero-order valence-corrected chi connectivity index (χ0v) is 20.8. The number of carbonyl (C=O) groups excluding carboxylic acids is 1. The van der Waals surface area contributed by atoms with Crippen LogP contribution in [-0.4, -0.2) is 40.6 Å². The highest BCUT2D eigenvalue weighted by Gasteiger charge is 2.35. The van der Waals surface area contributed by atoms with Gasteiger partial charge in [-0.1, -0.05) is 17.7 Å². The average molecular weight is 492 g/mol. The van der Waals surface area contributed by atoms with Crippen molar-refractivity contribution < 1.29 is 4.79 Å². The van der Waals surface area contributed by atoms with Crippen LogP contribution in [0.1, 0.15) is 36.9 Å². The average Bonchev–Trinajstić information content (AvgIpc) is 2.86. The second kappa shape index (κ2) is 9.79. The monoisotopic (exact) mass is 491 g/mol. The third-order valence-corrected chi connectivity index (χ3v) is 7.18. The number of carbonyl (C=O) groups is 1. The first-order valence-electron chi connectivity index (χ1n) is 12.0. The van der Waals surface area contributed by atoms with Crippen molar-refractivity contribution in [2.75, 3.05) is 28.7 Å². The summed E-state index contributed by atoms with van der Waals surface area (Å²) in [6.45, 7) is 2.92. The second-order valence-corrected chi connectivity index (χ2v) is 9.81. The number of nitrogens with one attached hydrogen (secondary N) is 1. The summed E-state index contributed by atoms with van der Waals surface area (Å²) in [5.74, 6) is 1.85. The molecule has 1 aromatic carbocycles. The number of nitrogens with zero attached hydrogens (tertiary/aromatic N) is 5. The van der Waals surface area contributed by atoms with E-state index in [2.05, 4.69) is 15.3 Å². The number of urea groups is 1. The molecule has 2 aromatic heterocycles. The molecule has 2 aliphatic rings. The topological polar surface area (TPSA) is 100 Å². The Morgan fingerprint density at radius 2 is 1.91 bits per heavy atom. The highest BCUT2D eigenvalue weighted by Crippen LogP contribution is 2.38. The van der Waals surface area contributed by atoms with E-state index in [0.29, 0.717) is 29.7 Å². The van der Waals surface area contributed by atoms with Crippen molar-refractivity contribution >= 4 is 35.0 Å². The molecule has 1 saturated carbocycles. The van der Waals surface area contributed by atoms with Crippen molar-refractivity contribution in [3.63, 3.8) is 0 Å². The summed E-state index contributed by atoms with van der Waals surface area (Å²) in [4.78, 5) is 30.9. The molecule has 3 N–H and O–H groups in total. The van der Waals surface area contributed by atoms with Crippen molar-refractivity contribution in [3.05, 3.63) is 59.0 Å². The predicted molar refractivity (Wildman–Crippen MR) is 140 cm³/mol. The zero-order chi connectivity index (χ0) is 24.5. The van der Waals surface area contributed by atoms with E-state index < -0.39 is 0 Å². The minimum absolute atomic E-state index is 0.113. The van der Waals surface area contributed by atoms with Gasteiger partial charge in [0.15, 0.2) is 0 Å². The number of fused-ring (bicyclic) bond motifs is 1. The number of rotatable bonds is 5. The fourth-order valence-corrected chi connectivity index (χ4v) is 5.20. The van der Waals surface area contributed by atoms with Crippen LogP contribution >= 0.6 is 11.6 Å². The van der Waals surface area contributed by atoms with Gasteiger partial charge in [-0.3, -0.25) is 14.8 Å². The van der Waals surface area contributed by atoms with Crippen LogP contribution in [0.25, 0.3) is 11.3 Å². The summed E-state index contributed by atoms with van der Waals surface area (Å²) >= 11 is 6.75. The van der Waals surface area contributed by atoms with Crippen LogP contribution < -0.4 is 20.9 Å². The molecule has 8 nitrogen and oxygen atoms in total. The van der Waals surface area contributed by atoms with Gasteiger partial charge in [0, 0.05) is 37.0 Å². The molecule has 5 rings (SSSR count). The molecule has 0 unspecified atom stereocenters. The van der Waals surface area contributed by atoms with Crippen molar-refractivity contribution in [2.45, 2.75) is 45.2 Å². The maximum atomic E-state index is 13.9. The van der Waals surface area contributed by atoms with Gasteiger partial charge in [0.25, 0.3) is 0 Å². The summed E-state index contributed by atoms with van der Waals surface area (Å²) in [7, 11) is 1.83. The number of pyridine rings is 1. The molecule has 2 amide bonds. The molecule has 1 aliphatic carbocycles. The number of amides is 2. The quantitative estimate of drug-likeness (QED) is 0.520.